The minimum absolute atomic E-state index is 0.162. The fourth-order valence-electron chi connectivity index (χ4n) is 0.811. The molecule has 1 aliphatic rings. The fourth-order valence-corrected chi connectivity index (χ4v) is 0.811. The van der Waals surface area contributed by atoms with Gasteiger partial charge in [0.15, 0.2) is 0 Å². The molecule has 0 aromatic carbocycles. The van der Waals surface area contributed by atoms with Gasteiger partial charge in [0.25, 0.3) is 0 Å². The van der Waals surface area contributed by atoms with Crippen molar-refractivity contribution in [1.82, 2.24) is 0 Å². The number of hydrogen-bond donors (Lipinski definition) is 1. The molecule has 1 saturated carbocycles. The van der Waals surface area contributed by atoms with Crippen molar-refractivity contribution in [2.24, 2.45) is 11.1 Å². The van der Waals surface area contributed by atoms with Gasteiger partial charge >= 0.3 is 0 Å². The van der Waals surface area contributed by atoms with Gasteiger partial charge in [0, 0.05) is 6.42 Å². The Morgan fingerprint density at radius 1 is 1.75 bits per heavy atom. The summed E-state index contributed by atoms with van der Waals surface area (Å²) in [7, 11) is 0. The molecular weight excluding hydrogens is 102 g/mol. The van der Waals surface area contributed by atoms with Gasteiger partial charge in [-0.1, -0.05) is 6.92 Å². The first-order valence-electron chi connectivity index (χ1n) is 2.91. The summed E-state index contributed by atoms with van der Waals surface area (Å²) in [5.41, 5.74) is 5.28. The van der Waals surface area contributed by atoms with Gasteiger partial charge in [-0.3, -0.25) is 4.79 Å². The monoisotopic (exact) mass is 113 g/mol. The van der Waals surface area contributed by atoms with Crippen LogP contribution in [-0.4, -0.2) is 5.91 Å². The summed E-state index contributed by atoms with van der Waals surface area (Å²) in [4.78, 5) is 10.3. The lowest BCUT2D eigenvalue weighted by Crippen LogP contribution is -2.14. The summed E-state index contributed by atoms with van der Waals surface area (Å²) in [6.07, 6.45) is 2.93. The van der Waals surface area contributed by atoms with E-state index in [2.05, 4.69) is 6.92 Å². The van der Waals surface area contributed by atoms with Crippen LogP contribution in [-0.2, 0) is 4.79 Å². The van der Waals surface area contributed by atoms with E-state index in [1.165, 1.54) is 12.8 Å². The van der Waals surface area contributed by atoms with E-state index in [0.717, 1.165) is 0 Å². The molecule has 2 nitrogen and oxygen atoms in total. The number of nitrogens with two attached hydrogens (primary N) is 1. The molecule has 0 radical (unpaired) electrons. The van der Waals surface area contributed by atoms with Crippen LogP contribution >= 0.6 is 0 Å². The first-order valence-corrected chi connectivity index (χ1v) is 2.91. The van der Waals surface area contributed by atoms with Gasteiger partial charge in [-0.15, -0.1) is 0 Å². The molecule has 0 aromatic rings. The summed E-state index contributed by atoms with van der Waals surface area (Å²) in [5, 5.41) is 0. The second-order valence-corrected chi connectivity index (χ2v) is 2.95. The number of carbonyl (C=O) groups excluding carboxylic acids is 1. The number of hydrogen-bond acceptors (Lipinski definition) is 1. The standard InChI is InChI=1S/C6H11NO/c1-6(2-3-6)4-5(7)8/h2-4H2,1H3,(H2,7,8). The van der Waals surface area contributed by atoms with Gasteiger partial charge in [0.1, 0.15) is 0 Å². The summed E-state index contributed by atoms with van der Waals surface area (Å²) in [5.74, 6) is -0.162. The minimum atomic E-state index is -0.162. The Labute approximate surface area is 49.1 Å². The lowest BCUT2D eigenvalue weighted by Gasteiger charge is -2.00. The van der Waals surface area contributed by atoms with Gasteiger partial charge < -0.3 is 5.73 Å². The second-order valence-electron chi connectivity index (χ2n) is 2.95. The van der Waals surface area contributed by atoms with Crippen molar-refractivity contribution in [2.75, 3.05) is 0 Å². The Bertz CT molecular complexity index is 116. The summed E-state index contributed by atoms with van der Waals surface area (Å²) >= 11 is 0. The highest BCUT2D eigenvalue weighted by Gasteiger charge is 2.38. The van der Waals surface area contributed by atoms with Gasteiger partial charge in [-0.2, -0.15) is 0 Å². The largest absolute Gasteiger partial charge is 0.370 e. The zero-order valence-electron chi connectivity index (χ0n) is 5.11. The van der Waals surface area contributed by atoms with E-state index in [-0.39, 0.29) is 5.91 Å². The van der Waals surface area contributed by atoms with Crippen LogP contribution in [0.15, 0.2) is 0 Å². The zero-order chi connectivity index (χ0) is 6.20. The van der Waals surface area contributed by atoms with Crippen molar-refractivity contribution in [3.8, 4) is 0 Å². The fraction of sp³-hybridized carbons (Fsp3) is 0.833. The predicted octanol–water partition coefficient (Wildman–Crippen LogP) is 0.662. The van der Waals surface area contributed by atoms with Gasteiger partial charge in [0.05, 0.1) is 0 Å². The zero-order valence-corrected chi connectivity index (χ0v) is 5.11. The Morgan fingerprint density at radius 3 is 2.38 bits per heavy atom. The third kappa shape index (κ3) is 1.22. The highest BCUT2D eigenvalue weighted by Crippen LogP contribution is 2.47. The van der Waals surface area contributed by atoms with Gasteiger partial charge in [-0.05, 0) is 18.3 Å². The minimum Gasteiger partial charge on any atom is -0.370 e. The molecule has 0 atom stereocenters. The van der Waals surface area contributed by atoms with Crippen LogP contribution in [0, 0.1) is 5.41 Å². The number of amides is 1. The first kappa shape index (κ1) is 5.60. The molecule has 0 aromatic heterocycles. The summed E-state index contributed by atoms with van der Waals surface area (Å²) in [6, 6.07) is 0. The second kappa shape index (κ2) is 1.47. The molecule has 0 saturated heterocycles. The molecule has 0 aliphatic heterocycles. The molecule has 1 amide bonds. The highest BCUT2D eigenvalue weighted by molar-refractivity contribution is 5.74. The van der Waals surface area contributed by atoms with Crippen LogP contribution in [0.1, 0.15) is 26.2 Å². The molecule has 0 heterocycles. The molecule has 0 unspecified atom stereocenters. The molecule has 46 valence electrons. The maximum Gasteiger partial charge on any atom is 0.217 e. The molecule has 1 aliphatic carbocycles. The van der Waals surface area contributed by atoms with E-state index in [0.29, 0.717) is 11.8 Å². The molecule has 0 spiro atoms. The molecular formula is C6H11NO. The highest BCUT2D eigenvalue weighted by atomic mass is 16.1. The third-order valence-electron chi connectivity index (χ3n) is 1.70. The smallest absolute Gasteiger partial charge is 0.217 e. The van der Waals surface area contributed by atoms with Crippen LogP contribution in [0.25, 0.3) is 0 Å². The van der Waals surface area contributed by atoms with Crippen LogP contribution in [0.5, 0.6) is 0 Å². The normalized spacial score (nSPS) is 22.6. The first-order chi connectivity index (χ1) is 3.62. The van der Waals surface area contributed by atoms with Gasteiger partial charge in [-0.25, -0.2) is 0 Å². The molecule has 2 heteroatoms. The van der Waals surface area contributed by atoms with Crippen molar-refractivity contribution < 1.29 is 4.79 Å². The summed E-state index contributed by atoms with van der Waals surface area (Å²) < 4.78 is 0. The maximum absolute atomic E-state index is 10.3. The van der Waals surface area contributed by atoms with Crippen molar-refractivity contribution in [1.29, 1.82) is 0 Å². The average molecular weight is 113 g/mol. The lowest BCUT2D eigenvalue weighted by molar-refractivity contribution is -0.119. The van der Waals surface area contributed by atoms with Crippen molar-refractivity contribution in [2.45, 2.75) is 26.2 Å². The Balaban J connectivity index is 2.29. The van der Waals surface area contributed by atoms with Crippen LogP contribution in [0.3, 0.4) is 0 Å². The van der Waals surface area contributed by atoms with Crippen molar-refractivity contribution >= 4 is 5.91 Å². The van der Waals surface area contributed by atoms with Crippen LogP contribution in [0.4, 0.5) is 0 Å². The SMILES string of the molecule is CC1(CC(N)=O)CC1. The van der Waals surface area contributed by atoms with Crippen molar-refractivity contribution in [3.05, 3.63) is 0 Å². The Kier molecular flexibility index (Phi) is 1.03. The molecule has 8 heavy (non-hydrogen) atoms. The molecule has 2 N–H and O–H groups in total. The third-order valence-corrected chi connectivity index (χ3v) is 1.70. The maximum atomic E-state index is 10.3. The average Bonchev–Trinajstić information content (AvgIpc) is 2.17. The Morgan fingerprint density at radius 2 is 2.25 bits per heavy atom. The van der Waals surface area contributed by atoms with E-state index in [1.807, 2.05) is 0 Å². The van der Waals surface area contributed by atoms with Crippen molar-refractivity contribution in [3.63, 3.8) is 0 Å². The topological polar surface area (TPSA) is 43.1 Å². The van der Waals surface area contributed by atoms with Crippen LogP contribution in [0.2, 0.25) is 0 Å². The van der Waals surface area contributed by atoms with E-state index in [1.54, 1.807) is 0 Å². The quantitative estimate of drug-likeness (QED) is 0.561. The van der Waals surface area contributed by atoms with E-state index >= 15 is 0 Å². The summed E-state index contributed by atoms with van der Waals surface area (Å²) in [6.45, 7) is 2.09. The Hall–Kier alpha value is -0.530. The molecule has 1 fully saturated rings. The van der Waals surface area contributed by atoms with E-state index in [9.17, 15) is 4.79 Å². The molecule has 0 bridgehead atoms. The number of primary amides is 1. The van der Waals surface area contributed by atoms with Crippen LogP contribution < -0.4 is 5.73 Å². The molecule has 1 rings (SSSR count). The van der Waals surface area contributed by atoms with E-state index < -0.39 is 0 Å². The predicted molar refractivity (Wildman–Crippen MR) is 31.2 cm³/mol. The lowest BCUT2D eigenvalue weighted by atomic mass is 10.1. The van der Waals surface area contributed by atoms with E-state index in [4.69, 9.17) is 5.73 Å². The number of rotatable bonds is 2. The van der Waals surface area contributed by atoms with Gasteiger partial charge in [0.2, 0.25) is 5.91 Å². The number of carbonyl (C=O) groups is 1.